The molecule has 1 aromatic heterocycles. The van der Waals surface area contributed by atoms with Crippen LogP contribution >= 0.6 is 0 Å². The van der Waals surface area contributed by atoms with Crippen LogP contribution in [-0.2, 0) is 4.74 Å². The van der Waals surface area contributed by atoms with Crippen molar-refractivity contribution in [2.24, 2.45) is 0 Å². The molecule has 7 nitrogen and oxygen atoms in total. The van der Waals surface area contributed by atoms with E-state index in [-0.39, 0.29) is 0 Å². The summed E-state index contributed by atoms with van der Waals surface area (Å²) in [6.45, 7) is -0.782. The summed E-state index contributed by atoms with van der Waals surface area (Å²) < 4.78 is 32.4. The van der Waals surface area contributed by atoms with Crippen LogP contribution in [-0.4, -0.2) is 49.5 Å². The molecule has 3 atom stereocenters. The molecule has 0 aliphatic carbocycles. The minimum absolute atomic E-state index is 0.471. The lowest BCUT2D eigenvalue weighted by atomic mass is 10.1. The Labute approximate surface area is 93.3 Å². The lowest BCUT2D eigenvalue weighted by Gasteiger charge is -2.20. The van der Waals surface area contributed by atoms with Gasteiger partial charge in [0.25, 0.3) is 0 Å². The van der Waals surface area contributed by atoms with Crippen LogP contribution < -0.4 is 5.69 Å². The number of hydrogen-bond acceptors (Lipinski definition) is 6. The minimum Gasteiger partial charge on any atom is -0.394 e. The van der Waals surface area contributed by atoms with E-state index in [0.29, 0.717) is 4.57 Å². The Morgan fingerprint density at radius 3 is 2.82 bits per heavy atom. The van der Waals surface area contributed by atoms with E-state index in [1.54, 1.807) is 0 Å². The Bertz CT molecular complexity index is 466. The molecule has 0 bridgehead atoms. The summed E-state index contributed by atoms with van der Waals surface area (Å²) in [7, 11) is 0. The molecule has 0 unspecified atom stereocenters. The van der Waals surface area contributed by atoms with Crippen LogP contribution in [0.4, 0.5) is 8.78 Å². The second-order valence-corrected chi connectivity index (χ2v) is 3.53. The van der Waals surface area contributed by atoms with Crippen LogP contribution in [0.25, 0.3) is 0 Å². The van der Waals surface area contributed by atoms with Crippen LogP contribution in [0.15, 0.2) is 17.4 Å². The molecule has 1 saturated heterocycles. The Morgan fingerprint density at radius 2 is 2.29 bits per heavy atom. The number of aliphatic hydroxyl groups is 2. The highest BCUT2D eigenvalue weighted by atomic mass is 19.3. The number of alkyl halides is 2. The van der Waals surface area contributed by atoms with E-state index in [0.717, 1.165) is 12.7 Å². The third kappa shape index (κ3) is 1.81. The first-order valence-corrected chi connectivity index (χ1v) is 4.69. The van der Waals surface area contributed by atoms with Crippen molar-refractivity contribution in [3.63, 3.8) is 0 Å². The SMILES string of the molecule is O=c1ncncn1[C@@H]1O[C@H](CO)[C@@H](O)C1(F)F. The zero-order valence-corrected chi connectivity index (χ0v) is 8.40. The fourth-order valence-electron chi connectivity index (χ4n) is 1.58. The first-order chi connectivity index (χ1) is 7.98. The number of hydrogen-bond donors (Lipinski definition) is 2. The van der Waals surface area contributed by atoms with Gasteiger partial charge in [0.2, 0.25) is 6.23 Å². The largest absolute Gasteiger partial charge is 0.394 e. The molecule has 17 heavy (non-hydrogen) atoms. The third-order valence-corrected chi connectivity index (χ3v) is 2.46. The highest BCUT2D eigenvalue weighted by Gasteiger charge is 2.59. The number of halogens is 2. The molecule has 0 amide bonds. The smallest absolute Gasteiger partial charge is 0.352 e. The molecule has 0 radical (unpaired) electrons. The Balaban J connectivity index is 2.41. The molecule has 1 aliphatic rings. The van der Waals surface area contributed by atoms with Gasteiger partial charge in [-0.2, -0.15) is 13.8 Å². The van der Waals surface area contributed by atoms with Gasteiger partial charge in [-0.25, -0.2) is 14.3 Å². The number of nitrogens with zero attached hydrogens (tertiary/aromatic N) is 3. The number of rotatable bonds is 2. The number of aromatic nitrogens is 3. The normalized spacial score (nSPS) is 31.6. The van der Waals surface area contributed by atoms with E-state index >= 15 is 0 Å². The first kappa shape index (κ1) is 12.0. The third-order valence-electron chi connectivity index (χ3n) is 2.46. The van der Waals surface area contributed by atoms with Gasteiger partial charge in [-0.15, -0.1) is 0 Å². The summed E-state index contributed by atoms with van der Waals surface area (Å²) in [5.41, 5.74) is -0.976. The van der Waals surface area contributed by atoms with E-state index < -0.39 is 36.7 Å². The lowest BCUT2D eigenvalue weighted by molar-refractivity contribution is -0.141. The van der Waals surface area contributed by atoms with Crippen LogP contribution in [0.3, 0.4) is 0 Å². The molecular formula is C8H9F2N3O4. The van der Waals surface area contributed by atoms with Gasteiger partial charge in [0.1, 0.15) is 18.8 Å². The fourth-order valence-corrected chi connectivity index (χ4v) is 1.58. The van der Waals surface area contributed by atoms with Crippen molar-refractivity contribution >= 4 is 0 Å². The molecule has 2 rings (SSSR count). The average Bonchev–Trinajstić information content (AvgIpc) is 2.52. The van der Waals surface area contributed by atoms with Crippen LogP contribution in [0, 0.1) is 0 Å². The van der Waals surface area contributed by atoms with Gasteiger partial charge in [-0.1, -0.05) is 0 Å². The molecule has 94 valence electrons. The number of aliphatic hydroxyl groups excluding tert-OH is 2. The monoisotopic (exact) mass is 249 g/mol. The van der Waals surface area contributed by atoms with Gasteiger partial charge in [0, 0.05) is 0 Å². The summed E-state index contributed by atoms with van der Waals surface area (Å²) in [5, 5.41) is 18.0. The van der Waals surface area contributed by atoms with Crippen molar-refractivity contribution in [1.82, 2.24) is 14.5 Å². The zero-order chi connectivity index (χ0) is 12.6. The van der Waals surface area contributed by atoms with E-state index in [9.17, 15) is 18.7 Å². The minimum atomic E-state index is -3.71. The van der Waals surface area contributed by atoms with E-state index in [1.165, 1.54) is 0 Å². The van der Waals surface area contributed by atoms with Crippen molar-refractivity contribution in [1.29, 1.82) is 0 Å². The predicted octanol–water partition coefficient (Wildman–Crippen LogP) is -1.48. The Morgan fingerprint density at radius 1 is 1.59 bits per heavy atom. The maximum atomic E-state index is 13.6. The summed E-state index contributed by atoms with van der Waals surface area (Å²) in [6.07, 6.45) is -3.93. The standard InChI is InChI=1S/C8H9F2N3O4/c9-8(10)5(15)4(1-14)17-6(8)13-3-11-2-12-7(13)16/h2-6,14-15H,1H2/t4-,5-,6-/m1/s1. The highest BCUT2D eigenvalue weighted by Crippen LogP contribution is 2.41. The molecule has 2 heterocycles. The molecule has 1 aromatic rings. The maximum absolute atomic E-state index is 13.6. The van der Waals surface area contributed by atoms with Crippen molar-refractivity contribution in [2.45, 2.75) is 24.4 Å². The second-order valence-electron chi connectivity index (χ2n) is 3.53. The fraction of sp³-hybridized carbons (Fsp3) is 0.625. The maximum Gasteiger partial charge on any atom is 0.352 e. The Hall–Kier alpha value is -1.45. The summed E-state index contributed by atoms with van der Waals surface area (Å²) in [4.78, 5) is 17.9. The van der Waals surface area contributed by atoms with Crippen LogP contribution in [0.2, 0.25) is 0 Å². The van der Waals surface area contributed by atoms with Crippen molar-refractivity contribution in [2.75, 3.05) is 6.61 Å². The van der Waals surface area contributed by atoms with E-state index in [4.69, 9.17) is 9.84 Å². The topological polar surface area (TPSA) is 97.5 Å². The molecule has 0 aromatic carbocycles. The second kappa shape index (κ2) is 4.09. The summed E-state index contributed by atoms with van der Waals surface area (Å²) in [6, 6.07) is 0. The molecule has 0 saturated carbocycles. The van der Waals surface area contributed by atoms with Gasteiger partial charge in [0.15, 0.2) is 6.10 Å². The molecular weight excluding hydrogens is 240 g/mol. The van der Waals surface area contributed by atoms with E-state index in [1.807, 2.05) is 0 Å². The molecule has 0 spiro atoms. The van der Waals surface area contributed by atoms with Crippen LogP contribution in [0.1, 0.15) is 6.23 Å². The molecule has 9 heteroatoms. The highest BCUT2D eigenvalue weighted by molar-refractivity contribution is 4.95. The lowest BCUT2D eigenvalue weighted by Crippen LogP contribution is -2.41. The van der Waals surface area contributed by atoms with Crippen molar-refractivity contribution in [3.05, 3.63) is 23.1 Å². The Kier molecular flexibility index (Phi) is 2.89. The quantitative estimate of drug-likeness (QED) is 0.663. The first-order valence-electron chi connectivity index (χ1n) is 4.69. The van der Waals surface area contributed by atoms with Gasteiger partial charge in [-0.05, 0) is 0 Å². The summed E-state index contributed by atoms with van der Waals surface area (Å²) in [5.74, 6) is -3.71. The predicted molar refractivity (Wildman–Crippen MR) is 48.2 cm³/mol. The zero-order valence-electron chi connectivity index (χ0n) is 8.40. The summed E-state index contributed by atoms with van der Waals surface area (Å²) >= 11 is 0. The molecule has 1 aliphatic heterocycles. The average molecular weight is 249 g/mol. The van der Waals surface area contributed by atoms with Gasteiger partial charge >= 0.3 is 11.6 Å². The van der Waals surface area contributed by atoms with Gasteiger partial charge in [0.05, 0.1) is 6.61 Å². The van der Waals surface area contributed by atoms with Gasteiger partial charge in [-0.3, -0.25) is 0 Å². The molecule has 2 N–H and O–H groups in total. The van der Waals surface area contributed by atoms with E-state index in [2.05, 4.69) is 9.97 Å². The molecule has 1 fully saturated rings. The van der Waals surface area contributed by atoms with Crippen molar-refractivity contribution < 1.29 is 23.7 Å². The van der Waals surface area contributed by atoms with Crippen LogP contribution in [0.5, 0.6) is 0 Å². The number of ether oxygens (including phenoxy) is 1. The van der Waals surface area contributed by atoms with Crippen molar-refractivity contribution in [3.8, 4) is 0 Å². The van der Waals surface area contributed by atoms with Gasteiger partial charge < -0.3 is 14.9 Å².